The lowest BCUT2D eigenvalue weighted by Crippen LogP contribution is -2.23. The predicted molar refractivity (Wildman–Crippen MR) is 123 cm³/mol. The lowest BCUT2D eigenvalue weighted by molar-refractivity contribution is 0.191. The zero-order valence-electron chi connectivity index (χ0n) is 14.2. The molecule has 0 spiro atoms. The number of guanidine groups is 1. The highest BCUT2D eigenvalue weighted by Gasteiger charge is 2.09. The Kier molecular flexibility index (Phi) is 8.36. The molecular formula is C19H19ClIN3O2S. The first-order valence-electron chi connectivity index (χ1n) is 7.93. The second-order valence-corrected chi connectivity index (χ2v) is 7.20. The van der Waals surface area contributed by atoms with Gasteiger partial charge in [0.05, 0.1) is 10.9 Å². The maximum absolute atomic E-state index is 10.1. The summed E-state index contributed by atoms with van der Waals surface area (Å²) in [6.07, 6.45) is -0.736. The number of halogens is 2. The van der Waals surface area contributed by atoms with Gasteiger partial charge in [-0.2, -0.15) is 0 Å². The number of aliphatic imine (C=N–C) groups is 1. The van der Waals surface area contributed by atoms with Gasteiger partial charge in [0.2, 0.25) is 0 Å². The summed E-state index contributed by atoms with van der Waals surface area (Å²) in [7, 11) is 0. The van der Waals surface area contributed by atoms with E-state index in [4.69, 9.17) is 22.1 Å². The molecule has 5 nitrogen and oxygen atoms in total. The molecule has 1 aromatic heterocycles. The van der Waals surface area contributed by atoms with E-state index in [9.17, 15) is 5.11 Å². The minimum atomic E-state index is -0.736. The third kappa shape index (κ3) is 6.69. The van der Waals surface area contributed by atoms with Crippen LogP contribution in [0.4, 0.5) is 5.69 Å². The molecule has 3 aromatic rings. The van der Waals surface area contributed by atoms with Crippen molar-refractivity contribution in [2.24, 2.45) is 10.7 Å². The average Bonchev–Trinajstić information content (AvgIpc) is 3.07. The fourth-order valence-electron chi connectivity index (χ4n) is 2.23. The number of hydrogen-bond donors (Lipinski definition) is 3. The summed E-state index contributed by atoms with van der Waals surface area (Å²) in [6, 6.07) is 20.4. The monoisotopic (exact) mass is 515 g/mol. The van der Waals surface area contributed by atoms with E-state index < -0.39 is 6.10 Å². The summed E-state index contributed by atoms with van der Waals surface area (Å²) in [4.78, 5) is 4.93. The molecule has 3 rings (SSSR count). The Bertz CT molecular complexity index is 889. The van der Waals surface area contributed by atoms with Gasteiger partial charge in [0.25, 0.3) is 0 Å². The SMILES string of the molecule is I.NC(=NCC(O)c1ccc(Cl)s1)Nc1cccc(Oc2ccccc2)c1. The first kappa shape index (κ1) is 21.5. The van der Waals surface area contributed by atoms with Crippen molar-refractivity contribution in [2.45, 2.75) is 6.10 Å². The van der Waals surface area contributed by atoms with Crippen molar-refractivity contribution in [3.8, 4) is 11.5 Å². The quantitative estimate of drug-likeness (QED) is 0.237. The zero-order valence-corrected chi connectivity index (χ0v) is 18.1. The molecule has 27 heavy (non-hydrogen) atoms. The third-order valence-electron chi connectivity index (χ3n) is 3.44. The molecule has 0 radical (unpaired) electrons. The van der Waals surface area contributed by atoms with Gasteiger partial charge in [0.15, 0.2) is 5.96 Å². The van der Waals surface area contributed by atoms with Crippen LogP contribution in [0.3, 0.4) is 0 Å². The largest absolute Gasteiger partial charge is 0.457 e. The number of nitrogens with one attached hydrogen (secondary N) is 1. The lowest BCUT2D eigenvalue weighted by Gasteiger charge is -2.10. The molecule has 0 saturated heterocycles. The second kappa shape index (κ2) is 10.5. The number of thiophene rings is 1. The molecule has 1 unspecified atom stereocenters. The Morgan fingerprint density at radius 3 is 2.56 bits per heavy atom. The van der Waals surface area contributed by atoms with Gasteiger partial charge in [-0.1, -0.05) is 35.9 Å². The highest BCUT2D eigenvalue weighted by molar-refractivity contribution is 14.0. The molecule has 8 heteroatoms. The summed E-state index contributed by atoms with van der Waals surface area (Å²) in [6.45, 7) is 0.149. The van der Waals surface area contributed by atoms with E-state index in [0.717, 1.165) is 16.3 Å². The van der Waals surface area contributed by atoms with E-state index in [1.54, 1.807) is 12.1 Å². The summed E-state index contributed by atoms with van der Waals surface area (Å²) in [5.41, 5.74) is 6.65. The number of anilines is 1. The van der Waals surface area contributed by atoms with Crippen molar-refractivity contribution in [2.75, 3.05) is 11.9 Å². The van der Waals surface area contributed by atoms with Crippen LogP contribution in [0.15, 0.2) is 71.7 Å². The van der Waals surface area contributed by atoms with Gasteiger partial charge in [0, 0.05) is 16.6 Å². The number of para-hydroxylation sites is 1. The first-order valence-corrected chi connectivity index (χ1v) is 9.13. The predicted octanol–water partition coefficient (Wildman–Crippen LogP) is 5.27. The maximum atomic E-state index is 10.1. The van der Waals surface area contributed by atoms with Crippen molar-refractivity contribution in [3.63, 3.8) is 0 Å². The van der Waals surface area contributed by atoms with E-state index in [1.807, 2.05) is 54.6 Å². The second-order valence-electron chi connectivity index (χ2n) is 5.45. The van der Waals surface area contributed by atoms with Crippen LogP contribution in [-0.2, 0) is 0 Å². The van der Waals surface area contributed by atoms with Crippen molar-refractivity contribution in [1.82, 2.24) is 0 Å². The summed E-state index contributed by atoms with van der Waals surface area (Å²) >= 11 is 7.19. The fraction of sp³-hybridized carbons (Fsp3) is 0.105. The van der Waals surface area contributed by atoms with Crippen molar-refractivity contribution in [3.05, 3.63) is 75.9 Å². The number of ether oxygens (including phenoxy) is 1. The van der Waals surface area contributed by atoms with E-state index in [2.05, 4.69) is 10.3 Å². The van der Waals surface area contributed by atoms with Crippen LogP contribution in [0.1, 0.15) is 11.0 Å². The molecule has 0 aliphatic heterocycles. The van der Waals surface area contributed by atoms with Gasteiger partial charge in [0.1, 0.15) is 17.6 Å². The molecule has 0 aliphatic carbocycles. The fourth-order valence-corrected chi connectivity index (χ4v) is 3.27. The molecule has 4 N–H and O–H groups in total. The molecule has 0 saturated carbocycles. The Labute approximate surface area is 183 Å². The normalized spacial score (nSPS) is 12.1. The minimum Gasteiger partial charge on any atom is -0.457 e. The van der Waals surface area contributed by atoms with Crippen molar-refractivity contribution >= 4 is 58.6 Å². The average molecular weight is 516 g/mol. The van der Waals surface area contributed by atoms with Gasteiger partial charge >= 0.3 is 0 Å². The van der Waals surface area contributed by atoms with Gasteiger partial charge in [-0.3, -0.25) is 4.99 Å². The number of rotatable bonds is 6. The molecule has 1 heterocycles. The van der Waals surface area contributed by atoms with Crippen LogP contribution in [0.5, 0.6) is 11.5 Å². The van der Waals surface area contributed by atoms with Crippen LogP contribution >= 0.6 is 46.9 Å². The zero-order chi connectivity index (χ0) is 18.4. The topological polar surface area (TPSA) is 79.9 Å². The van der Waals surface area contributed by atoms with Gasteiger partial charge < -0.3 is 20.9 Å². The number of nitrogens with two attached hydrogens (primary N) is 1. The van der Waals surface area contributed by atoms with Gasteiger partial charge in [-0.15, -0.1) is 35.3 Å². The third-order valence-corrected chi connectivity index (χ3v) is 4.77. The van der Waals surface area contributed by atoms with E-state index >= 15 is 0 Å². The molecule has 0 fully saturated rings. The standard InChI is InChI=1S/C19H18ClN3O2S.HI/c20-18-10-9-17(26-18)16(24)12-22-19(21)23-13-5-4-8-15(11-13)25-14-6-2-1-3-7-14;/h1-11,16,24H,12H2,(H3,21,22,23);1H. The van der Waals surface area contributed by atoms with Crippen LogP contribution < -0.4 is 15.8 Å². The van der Waals surface area contributed by atoms with Crippen molar-refractivity contribution < 1.29 is 9.84 Å². The van der Waals surface area contributed by atoms with Gasteiger partial charge in [-0.05, 0) is 36.4 Å². The molecular weight excluding hydrogens is 497 g/mol. The first-order chi connectivity index (χ1) is 12.6. The Morgan fingerprint density at radius 2 is 1.85 bits per heavy atom. The van der Waals surface area contributed by atoms with Crippen LogP contribution in [0, 0.1) is 0 Å². The number of hydrogen-bond acceptors (Lipinski definition) is 4. The summed E-state index contributed by atoms with van der Waals surface area (Å²) in [5.74, 6) is 1.65. The summed E-state index contributed by atoms with van der Waals surface area (Å²) in [5, 5.41) is 13.1. The lowest BCUT2D eigenvalue weighted by atomic mass is 10.3. The molecule has 0 aliphatic rings. The van der Waals surface area contributed by atoms with Crippen LogP contribution in [0.2, 0.25) is 4.34 Å². The Morgan fingerprint density at radius 1 is 1.11 bits per heavy atom. The smallest absolute Gasteiger partial charge is 0.193 e. The van der Waals surface area contributed by atoms with E-state index in [-0.39, 0.29) is 36.5 Å². The maximum Gasteiger partial charge on any atom is 0.193 e. The minimum absolute atomic E-state index is 0. The Balaban J connectivity index is 0.00000261. The Hall–Kier alpha value is -1.81. The molecule has 0 bridgehead atoms. The number of aliphatic hydroxyl groups is 1. The number of nitrogens with zero attached hydrogens (tertiary/aromatic N) is 1. The highest BCUT2D eigenvalue weighted by Crippen LogP contribution is 2.27. The molecule has 1 atom stereocenters. The highest BCUT2D eigenvalue weighted by atomic mass is 127. The molecule has 0 amide bonds. The number of benzene rings is 2. The summed E-state index contributed by atoms with van der Waals surface area (Å²) < 4.78 is 6.42. The van der Waals surface area contributed by atoms with Gasteiger partial charge in [-0.25, -0.2) is 0 Å². The van der Waals surface area contributed by atoms with E-state index in [1.165, 1.54) is 11.3 Å². The van der Waals surface area contributed by atoms with Crippen molar-refractivity contribution in [1.29, 1.82) is 0 Å². The van der Waals surface area contributed by atoms with Crippen LogP contribution in [-0.4, -0.2) is 17.6 Å². The molecule has 2 aromatic carbocycles. The molecule has 142 valence electrons. The van der Waals surface area contributed by atoms with Crippen LogP contribution in [0.25, 0.3) is 0 Å². The number of aliphatic hydroxyl groups excluding tert-OH is 1. The van der Waals surface area contributed by atoms with E-state index in [0.29, 0.717) is 10.1 Å².